The van der Waals surface area contributed by atoms with E-state index in [1.165, 1.54) is 16.7 Å². The summed E-state index contributed by atoms with van der Waals surface area (Å²) in [6.45, 7) is 12.2. The fraction of sp³-hybridized carbons (Fsp3) is 0.387. The van der Waals surface area contributed by atoms with E-state index in [4.69, 9.17) is 4.74 Å². The summed E-state index contributed by atoms with van der Waals surface area (Å²) in [6.07, 6.45) is 0.0715. The Morgan fingerprint density at radius 3 is 2.68 bits per heavy atom. The summed E-state index contributed by atoms with van der Waals surface area (Å²) < 4.78 is 7.92. The first kappa shape index (κ1) is 25.9. The lowest BCUT2D eigenvalue weighted by Gasteiger charge is -2.33. The molecule has 1 aliphatic heterocycles. The van der Waals surface area contributed by atoms with E-state index >= 15 is 0 Å². The first-order valence-corrected chi connectivity index (χ1v) is 13.1. The minimum absolute atomic E-state index is 0.0715. The number of nitrogens with zero attached hydrogens (tertiary/aromatic N) is 4. The number of carboxylic acid groups (broad SMARTS) is 1. The third-order valence-electron chi connectivity index (χ3n) is 7.97. The van der Waals surface area contributed by atoms with Gasteiger partial charge in [-0.25, -0.2) is 4.68 Å². The lowest BCUT2D eigenvalue weighted by molar-refractivity contribution is -0.147. The number of aliphatic carboxylic acids is 1. The summed E-state index contributed by atoms with van der Waals surface area (Å²) in [5.41, 5.74) is 7.18. The zero-order chi connectivity index (χ0) is 27.2. The summed E-state index contributed by atoms with van der Waals surface area (Å²) in [6, 6.07) is 18.7. The molecule has 5 rings (SSSR count). The van der Waals surface area contributed by atoms with E-state index in [1.54, 1.807) is 4.68 Å². The van der Waals surface area contributed by atoms with Crippen LogP contribution in [0.25, 0.3) is 11.0 Å². The predicted molar refractivity (Wildman–Crippen MR) is 148 cm³/mol. The van der Waals surface area contributed by atoms with E-state index in [0.717, 1.165) is 53.1 Å². The smallest absolute Gasteiger partial charge is 0.310 e. The van der Waals surface area contributed by atoms with Gasteiger partial charge in [0, 0.05) is 38.2 Å². The van der Waals surface area contributed by atoms with Crippen LogP contribution in [0.5, 0.6) is 5.75 Å². The van der Waals surface area contributed by atoms with E-state index in [0.29, 0.717) is 0 Å². The Morgan fingerprint density at radius 1 is 1.16 bits per heavy atom. The van der Waals surface area contributed by atoms with Crippen LogP contribution in [0.15, 0.2) is 54.6 Å². The van der Waals surface area contributed by atoms with Gasteiger partial charge in [0.2, 0.25) is 0 Å². The summed E-state index contributed by atoms with van der Waals surface area (Å²) in [5.74, 6) is -0.248. The molecule has 0 bridgehead atoms. The number of para-hydroxylation sites is 1. The van der Waals surface area contributed by atoms with Gasteiger partial charge >= 0.3 is 5.97 Å². The molecule has 7 heteroatoms. The van der Waals surface area contributed by atoms with Crippen LogP contribution in [0, 0.1) is 19.3 Å². The molecular weight excluding hydrogens is 476 g/mol. The largest absolute Gasteiger partial charge is 0.489 e. The number of carbonyl (C=O) groups is 1. The van der Waals surface area contributed by atoms with Gasteiger partial charge in [-0.05, 0) is 74.6 Å². The van der Waals surface area contributed by atoms with Crippen molar-refractivity contribution in [2.75, 3.05) is 6.54 Å². The lowest BCUT2D eigenvalue weighted by atomic mass is 9.69. The maximum Gasteiger partial charge on any atom is 0.310 e. The third kappa shape index (κ3) is 4.67. The minimum atomic E-state index is -1.04. The normalized spacial score (nSPS) is 17.1. The van der Waals surface area contributed by atoms with E-state index in [9.17, 15) is 9.90 Å². The highest BCUT2D eigenvalue weighted by Gasteiger charge is 2.40. The van der Waals surface area contributed by atoms with Gasteiger partial charge in [-0.15, -0.1) is 5.10 Å². The van der Waals surface area contributed by atoms with Crippen LogP contribution >= 0.6 is 0 Å². The quantitative estimate of drug-likeness (QED) is 0.362. The maximum absolute atomic E-state index is 12.6. The third-order valence-corrected chi connectivity index (χ3v) is 7.97. The second-order valence-electron chi connectivity index (χ2n) is 11.2. The second kappa shape index (κ2) is 9.87. The van der Waals surface area contributed by atoms with E-state index in [2.05, 4.69) is 59.4 Å². The molecule has 7 nitrogen and oxygen atoms in total. The molecule has 1 unspecified atom stereocenters. The molecular formula is C31H36N4O3. The SMILES string of the molecule is Cc1ccc(C(c2ccc3c(nnn3C)c2C)C(C)(C)C(=O)O)cc1CN1Cc2ccccc2O[C@H](C)C1. The number of hydrogen-bond acceptors (Lipinski definition) is 5. The topological polar surface area (TPSA) is 80.5 Å². The zero-order valence-corrected chi connectivity index (χ0v) is 23.0. The number of carboxylic acids is 1. The monoisotopic (exact) mass is 512 g/mol. The zero-order valence-electron chi connectivity index (χ0n) is 23.0. The van der Waals surface area contributed by atoms with Crippen LogP contribution in [0.3, 0.4) is 0 Å². The van der Waals surface area contributed by atoms with Crippen LogP contribution in [0.2, 0.25) is 0 Å². The fourth-order valence-corrected chi connectivity index (χ4v) is 5.75. The molecule has 1 N–H and O–H groups in total. The first-order valence-electron chi connectivity index (χ1n) is 13.1. The molecule has 0 saturated heterocycles. The average Bonchev–Trinajstić information content (AvgIpc) is 3.16. The van der Waals surface area contributed by atoms with Crippen molar-refractivity contribution >= 4 is 17.0 Å². The van der Waals surface area contributed by atoms with Crippen molar-refractivity contribution in [2.24, 2.45) is 12.5 Å². The van der Waals surface area contributed by atoms with E-state index in [1.807, 2.05) is 52.1 Å². The van der Waals surface area contributed by atoms with Gasteiger partial charge in [-0.1, -0.05) is 47.7 Å². The van der Waals surface area contributed by atoms with Gasteiger partial charge in [0.05, 0.1) is 10.9 Å². The number of fused-ring (bicyclic) bond motifs is 2. The van der Waals surface area contributed by atoms with Crippen molar-refractivity contribution in [2.45, 2.75) is 59.7 Å². The Balaban J connectivity index is 1.56. The highest BCUT2D eigenvalue weighted by atomic mass is 16.5. The lowest BCUT2D eigenvalue weighted by Crippen LogP contribution is -2.33. The number of benzene rings is 3. The molecule has 2 atom stereocenters. The Kier molecular flexibility index (Phi) is 6.73. The molecule has 0 radical (unpaired) electrons. The van der Waals surface area contributed by atoms with Gasteiger partial charge in [0.25, 0.3) is 0 Å². The van der Waals surface area contributed by atoms with Crippen molar-refractivity contribution < 1.29 is 14.6 Å². The van der Waals surface area contributed by atoms with Crippen molar-refractivity contribution in [3.05, 3.63) is 88.0 Å². The summed E-state index contributed by atoms with van der Waals surface area (Å²) >= 11 is 0. The molecule has 0 fully saturated rings. The molecule has 0 aliphatic carbocycles. The number of aryl methyl sites for hydroxylation is 3. The minimum Gasteiger partial charge on any atom is -0.489 e. The standard InChI is InChI=1S/C31H36N4O3/c1-19-11-12-22(15-24(19)18-35-16-20(2)38-27-10-8-7-9-23(27)17-35)28(31(4,5)30(36)37)25-13-14-26-29(21(25)3)32-33-34(26)6/h7-15,20,28H,16-18H2,1-6H3,(H,36,37)/t20-,28?/m1/s1. The second-order valence-corrected chi connectivity index (χ2v) is 11.2. The molecule has 198 valence electrons. The van der Waals surface area contributed by atoms with Crippen LogP contribution in [-0.2, 0) is 24.9 Å². The molecule has 3 aromatic carbocycles. The van der Waals surface area contributed by atoms with Crippen LogP contribution in [0.4, 0.5) is 0 Å². The molecule has 1 aliphatic rings. The number of ether oxygens (including phenoxy) is 1. The van der Waals surface area contributed by atoms with Gasteiger partial charge in [-0.3, -0.25) is 9.69 Å². The van der Waals surface area contributed by atoms with Crippen molar-refractivity contribution in [3.63, 3.8) is 0 Å². The van der Waals surface area contributed by atoms with Crippen LogP contribution in [-0.4, -0.2) is 43.6 Å². The highest BCUT2D eigenvalue weighted by molar-refractivity contribution is 5.81. The van der Waals surface area contributed by atoms with Crippen LogP contribution in [0.1, 0.15) is 60.1 Å². The van der Waals surface area contributed by atoms with Gasteiger partial charge < -0.3 is 9.84 Å². The molecule has 0 amide bonds. The van der Waals surface area contributed by atoms with Crippen molar-refractivity contribution in [1.82, 2.24) is 19.9 Å². The Morgan fingerprint density at radius 2 is 1.92 bits per heavy atom. The Hall–Kier alpha value is -3.71. The molecule has 38 heavy (non-hydrogen) atoms. The Bertz CT molecular complexity index is 1510. The van der Waals surface area contributed by atoms with Crippen molar-refractivity contribution in [1.29, 1.82) is 0 Å². The van der Waals surface area contributed by atoms with Crippen molar-refractivity contribution in [3.8, 4) is 5.75 Å². The maximum atomic E-state index is 12.6. The average molecular weight is 513 g/mol. The summed E-state index contributed by atoms with van der Waals surface area (Å²) in [4.78, 5) is 15.0. The molecule has 4 aromatic rings. The van der Waals surface area contributed by atoms with Crippen LogP contribution < -0.4 is 4.74 Å². The van der Waals surface area contributed by atoms with E-state index in [-0.39, 0.29) is 12.0 Å². The molecule has 2 heterocycles. The van der Waals surface area contributed by atoms with E-state index < -0.39 is 11.4 Å². The number of rotatable bonds is 6. The molecule has 0 saturated carbocycles. The Labute approximate surface area is 224 Å². The van der Waals surface area contributed by atoms with Gasteiger partial charge in [-0.2, -0.15) is 0 Å². The molecule has 1 aromatic heterocycles. The number of hydrogen-bond donors (Lipinski definition) is 1. The van der Waals surface area contributed by atoms with Gasteiger partial charge in [0.15, 0.2) is 0 Å². The number of aromatic nitrogens is 3. The fourth-order valence-electron chi connectivity index (χ4n) is 5.75. The summed E-state index contributed by atoms with van der Waals surface area (Å²) in [5, 5.41) is 18.9. The first-order chi connectivity index (χ1) is 18.1. The highest BCUT2D eigenvalue weighted by Crippen LogP contribution is 2.44. The summed E-state index contributed by atoms with van der Waals surface area (Å²) in [7, 11) is 1.87. The predicted octanol–water partition coefficient (Wildman–Crippen LogP) is 5.61. The van der Waals surface area contributed by atoms with Gasteiger partial charge in [0.1, 0.15) is 17.4 Å². The molecule has 0 spiro atoms.